The molecule has 0 aliphatic rings. The second kappa shape index (κ2) is 6.91. The average Bonchev–Trinajstić information content (AvgIpc) is 2.89. The average molecular weight is 319 g/mol. The van der Waals surface area contributed by atoms with Crippen molar-refractivity contribution in [3.63, 3.8) is 0 Å². The van der Waals surface area contributed by atoms with Gasteiger partial charge in [-0.2, -0.15) is 0 Å². The quantitative estimate of drug-likeness (QED) is 0.797. The summed E-state index contributed by atoms with van der Waals surface area (Å²) in [4.78, 5) is 21.9. The molecule has 2 aromatic rings. The monoisotopic (exact) mass is 319 g/mol. The van der Waals surface area contributed by atoms with Gasteiger partial charge >= 0.3 is 11.9 Å². The summed E-state index contributed by atoms with van der Waals surface area (Å²) >= 11 is 0. The molecule has 1 aromatic carbocycles. The Hall–Kier alpha value is -2.90. The van der Waals surface area contributed by atoms with Gasteiger partial charge in [-0.25, -0.2) is 9.48 Å². The van der Waals surface area contributed by atoms with Gasteiger partial charge in [-0.05, 0) is 31.0 Å². The van der Waals surface area contributed by atoms with E-state index >= 15 is 0 Å². The van der Waals surface area contributed by atoms with Crippen LogP contribution in [0.5, 0.6) is 5.75 Å². The third-order valence-corrected chi connectivity index (χ3v) is 3.29. The summed E-state index contributed by atoms with van der Waals surface area (Å²) in [7, 11) is 0. The molecule has 1 aromatic heterocycles. The summed E-state index contributed by atoms with van der Waals surface area (Å²) < 4.78 is 6.94. The Kier molecular flexibility index (Phi) is 4.95. The first-order chi connectivity index (χ1) is 10.9. The molecule has 122 valence electrons. The third kappa shape index (κ3) is 4.06. The van der Waals surface area contributed by atoms with E-state index in [0.717, 1.165) is 11.1 Å². The van der Waals surface area contributed by atoms with Crippen molar-refractivity contribution in [3.8, 4) is 5.75 Å². The van der Waals surface area contributed by atoms with Crippen LogP contribution in [-0.4, -0.2) is 37.1 Å². The number of carbonyl (C=O) groups is 2. The van der Waals surface area contributed by atoms with Crippen molar-refractivity contribution >= 4 is 11.9 Å². The molecule has 0 amide bonds. The first kappa shape index (κ1) is 16.5. The molecule has 0 saturated heterocycles. The Morgan fingerprint density at radius 3 is 2.65 bits per heavy atom. The number of aromatic nitrogens is 3. The topological polar surface area (TPSA) is 115 Å². The molecule has 23 heavy (non-hydrogen) atoms. The van der Waals surface area contributed by atoms with Crippen LogP contribution in [0.25, 0.3) is 0 Å². The maximum absolute atomic E-state index is 11.2. The zero-order valence-corrected chi connectivity index (χ0v) is 12.8. The zero-order valence-electron chi connectivity index (χ0n) is 12.8. The highest BCUT2D eigenvalue weighted by molar-refractivity contribution is 5.86. The fraction of sp³-hybridized carbons (Fsp3) is 0.333. The van der Waals surface area contributed by atoms with E-state index in [9.17, 15) is 9.59 Å². The number of ether oxygens (including phenoxy) is 1. The van der Waals surface area contributed by atoms with Gasteiger partial charge in [0.15, 0.2) is 5.69 Å². The molecule has 2 rings (SSSR count). The van der Waals surface area contributed by atoms with E-state index in [2.05, 4.69) is 10.3 Å². The number of carboxylic acid groups (broad SMARTS) is 2. The van der Waals surface area contributed by atoms with Crippen molar-refractivity contribution in [3.05, 3.63) is 40.7 Å². The van der Waals surface area contributed by atoms with Gasteiger partial charge in [-0.15, -0.1) is 5.10 Å². The van der Waals surface area contributed by atoms with E-state index in [1.165, 1.54) is 4.68 Å². The molecule has 1 heterocycles. The van der Waals surface area contributed by atoms with Crippen LogP contribution >= 0.6 is 0 Å². The molecule has 0 aliphatic heterocycles. The minimum absolute atomic E-state index is 0.0289. The molecule has 0 fully saturated rings. The summed E-state index contributed by atoms with van der Waals surface area (Å²) in [6, 6.07) is 5.70. The normalized spacial score (nSPS) is 10.5. The summed E-state index contributed by atoms with van der Waals surface area (Å²) in [6.45, 7) is 3.78. The van der Waals surface area contributed by atoms with Gasteiger partial charge in [-0.1, -0.05) is 17.3 Å². The predicted octanol–water partition coefficient (Wildman–Crippen LogP) is 1.65. The number of carboxylic acids is 2. The number of aromatic carboxylic acids is 1. The number of aliphatic carboxylic acids is 1. The second-order valence-electron chi connectivity index (χ2n) is 5.11. The van der Waals surface area contributed by atoms with E-state index in [1.807, 2.05) is 32.0 Å². The maximum Gasteiger partial charge on any atom is 0.358 e. The first-order valence-corrected chi connectivity index (χ1v) is 6.96. The predicted molar refractivity (Wildman–Crippen MR) is 79.5 cm³/mol. The Labute approximate surface area is 132 Å². The fourth-order valence-corrected chi connectivity index (χ4v) is 2.03. The molecule has 0 aliphatic carbocycles. The molecule has 2 N–H and O–H groups in total. The minimum Gasteiger partial charge on any atom is -0.487 e. The van der Waals surface area contributed by atoms with Crippen molar-refractivity contribution in [2.24, 2.45) is 0 Å². The Morgan fingerprint density at radius 2 is 2.00 bits per heavy atom. The highest BCUT2D eigenvalue weighted by atomic mass is 16.5. The number of nitrogens with zero attached hydrogens (tertiary/aromatic N) is 3. The zero-order chi connectivity index (χ0) is 17.0. The van der Waals surface area contributed by atoms with E-state index in [1.54, 1.807) is 0 Å². The Balaban J connectivity index is 2.22. The van der Waals surface area contributed by atoms with Gasteiger partial charge in [-0.3, -0.25) is 4.79 Å². The summed E-state index contributed by atoms with van der Waals surface area (Å²) in [5, 5.41) is 25.2. The molecule has 0 bridgehead atoms. The summed E-state index contributed by atoms with van der Waals surface area (Å²) in [5.74, 6) is -1.60. The van der Waals surface area contributed by atoms with Crippen LogP contribution in [0.4, 0.5) is 0 Å². The number of benzene rings is 1. The van der Waals surface area contributed by atoms with Crippen molar-refractivity contribution in [1.82, 2.24) is 15.0 Å². The van der Waals surface area contributed by atoms with Gasteiger partial charge in [0.25, 0.3) is 0 Å². The van der Waals surface area contributed by atoms with E-state index in [-0.39, 0.29) is 31.0 Å². The van der Waals surface area contributed by atoms with Crippen molar-refractivity contribution in [1.29, 1.82) is 0 Å². The summed E-state index contributed by atoms with van der Waals surface area (Å²) in [6.07, 6.45) is -0.182. The molecular formula is C15H17N3O5. The molecule has 8 nitrogen and oxygen atoms in total. The van der Waals surface area contributed by atoms with Crippen LogP contribution in [0.1, 0.15) is 33.7 Å². The molecule has 0 atom stereocenters. The van der Waals surface area contributed by atoms with Gasteiger partial charge in [0, 0.05) is 0 Å². The highest BCUT2D eigenvalue weighted by Gasteiger charge is 2.20. The number of rotatable bonds is 7. The summed E-state index contributed by atoms with van der Waals surface area (Å²) in [5.41, 5.74) is 1.93. The second-order valence-corrected chi connectivity index (χ2v) is 5.11. The number of hydrogen-bond acceptors (Lipinski definition) is 5. The minimum atomic E-state index is -1.23. The maximum atomic E-state index is 11.2. The number of hydrogen-bond donors (Lipinski definition) is 2. The lowest BCUT2D eigenvalue weighted by atomic mass is 10.1. The largest absolute Gasteiger partial charge is 0.487 e. The van der Waals surface area contributed by atoms with E-state index in [0.29, 0.717) is 5.75 Å². The van der Waals surface area contributed by atoms with Crippen LogP contribution in [0.15, 0.2) is 18.2 Å². The molecule has 0 saturated carbocycles. The first-order valence-electron chi connectivity index (χ1n) is 6.96. The van der Waals surface area contributed by atoms with Gasteiger partial charge < -0.3 is 14.9 Å². The number of aryl methyl sites for hydroxylation is 3. The Morgan fingerprint density at radius 1 is 1.26 bits per heavy atom. The molecule has 8 heteroatoms. The van der Waals surface area contributed by atoms with Crippen LogP contribution in [0, 0.1) is 13.8 Å². The van der Waals surface area contributed by atoms with Crippen LogP contribution in [0.3, 0.4) is 0 Å². The van der Waals surface area contributed by atoms with E-state index < -0.39 is 11.9 Å². The standard InChI is InChI=1S/C15H17N3O5/c1-9-3-4-10(2)12(7-9)23-8-11-14(15(21)22)16-17-18(11)6-5-13(19)20/h3-4,7H,5-6,8H2,1-2H3,(H,19,20)(H,21,22). The van der Waals surface area contributed by atoms with Crippen LogP contribution < -0.4 is 4.74 Å². The van der Waals surface area contributed by atoms with Crippen molar-refractivity contribution < 1.29 is 24.5 Å². The Bertz CT molecular complexity index is 739. The lowest BCUT2D eigenvalue weighted by Crippen LogP contribution is -2.13. The smallest absolute Gasteiger partial charge is 0.358 e. The van der Waals surface area contributed by atoms with Gasteiger partial charge in [0.05, 0.1) is 13.0 Å². The fourth-order valence-electron chi connectivity index (χ4n) is 2.03. The van der Waals surface area contributed by atoms with Gasteiger partial charge in [0.1, 0.15) is 18.1 Å². The molecule has 0 radical (unpaired) electrons. The lowest BCUT2D eigenvalue weighted by molar-refractivity contribution is -0.137. The van der Waals surface area contributed by atoms with Crippen molar-refractivity contribution in [2.45, 2.75) is 33.4 Å². The third-order valence-electron chi connectivity index (χ3n) is 3.29. The lowest BCUT2D eigenvalue weighted by Gasteiger charge is -2.11. The molecule has 0 unspecified atom stereocenters. The highest BCUT2D eigenvalue weighted by Crippen LogP contribution is 2.21. The van der Waals surface area contributed by atoms with E-state index in [4.69, 9.17) is 14.9 Å². The van der Waals surface area contributed by atoms with Crippen molar-refractivity contribution in [2.75, 3.05) is 0 Å². The van der Waals surface area contributed by atoms with Gasteiger partial charge in [0.2, 0.25) is 0 Å². The molecular weight excluding hydrogens is 302 g/mol. The van der Waals surface area contributed by atoms with Crippen LogP contribution in [-0.2, 0) is 17.9 Å². The van der Waals surface area contributed by atoms with Crippen LogP contribution in [0.2, 0.25) is 0 Å². The molecule has 0 spiro atoms. The SMILES string of the molecule is Cc1ccc(C)c(OCc2c(C(=O)O)nnn2CCC(=O)O)c1.